The minimum absolute atomic E-state index is 0.00848. The van der Waals surface area contributed by atoms with E-state index in [2.05, 4.69) is 15.5 Å². The lowest BCUT2D eigenvalue weighted by Gasteiger charge is -2.17. The largest absolute Gasteiger partial charge is 0.493 e. The summed E-state index contributed by atoms with van der Waals surface area (Å²) in [4.78, 5) is 26.8. The predicted octanol–water partition coefficient (Wildman–Crippen LogP) is 4.22. The van der Waals surface area contributed by atoms with Crippen molar-refractivity contribution in [2.45, 2.75) is 25.7 Å². The maximum Gasteiger partial charge on any atom is 0.230 e. The van der Waals surface area contributed by atoms with E-state index in [4.69, 9.17) is 21.1 Å². The number of nitrogens with zero attached hydrogens (tertiary/aromatic N) is 3. The highest BCUT2D eigenvalue weighted by Gasteiger charge is 2.34. The molecule has 0 bridgehead atoms. The molecule has 0 aliphatic carbocycles. The van der Waals surface area contributed by atoms with Crippen molar-refractivity contribution in [3.63, 3.8) is 0 Å². The molecule has 4 rings (SSSR count). The van der Waals surface area contributed by atoms with Crippen LogP contribution in [-0.2, 0) is 16.0 Å². The topological polar surface area (TPSA) is 93.7 Å². The number of carbonyl (C=O) groups excluding carboxylic acids is 2. The van der Waals surface area contributed by atoms with Gasteiger partial charge >= 0.3 is 0 Å². The van der Waals surface area contributed by atoms with Gasteiger partial charge in [0, 0.05) is 29.6 Å². The summed E-state index contributed by atoms with van der Waals surface area (Å²) in [5.41, 5.74) is 2.51. The Kier molecular flexibility index (Phi) is 6.80. The third-order valence-corrected chi connectivity index (χ3v) is 6.85. The summed E-state index contributed by atoms with van der Waals surface area (Å²) >= 11 is 7.51. The van der Waals surface area contributed by atoms with E-state index in [1.807, 2.05) is 25.1 Å². The first-order valence-electron chi connectivity index (χ1n) is 10.3. The number of methoxy groups -OCH3 is 2. The molecule has 33 heavy (non-hydrogen) atoms. The summed E-state index contributed by atoms with van der Waals surface area (Å²) in [5.74, 6) is 0.860. The molecule has 2 aromatic carbocycles. The van der Waals surface area contributed by atoms with Crippen LogP contribution in [0.25, 0.3) is 0 Å². The Morgan fingerprint density at radius 1 is 1.18 bits per heavy atom. The van der Waals surface area contributed by atoms with Crippen molar-refractivity contribution < 1.29 is 19.1 Å². The van der Waals surface area contributed by atoms with Crippen LogP contribution in [-0.4, -0.2) is 42.8 Å². The predicted molar refractivity (Wildman–Crippen MR) is 128 cm³/mol. The quantitative estimate of drug-likeness (QED) is 0.537. The Morgan fingerprint density at radius 3 is 2.70 bits per heavy atom. The molecule has 1 aromatic heterocycles. The Morgan fingerprint density at radius 2 is 1.97 bits per heavy atom. The highest BCUT2D eigenvalue weighted by atomic mass is 35.5. The smallest absolute Gasteiger partial charge is 0.230 e. The first-order valence-corrected chi connectivity index (χ1v) is 11.5. The molecule has 1 fully saturated rings. The van der Waals surface area contributed by atoms with Gasteiger partial charge < -0.3 is 19.7 Å². The number of rotatable bonds is 7. The van der Waals surface area contributed by atoms with Crippen LogP contribution in [0.2, 0.25) is 5.02 Å². The highest BCUT2D eigenvalue weighted by molar-refractivity contribution is 7.15. The van der Waals surface area contributed by atoms with Gasteiger partial charge in [-0.15, -0.1) is 10.2 Å². The fourth-order valence-electron chi connectivity index (χ4n) is 3.66. The number of halogens is 1. The van der Waals surface area contributed by atoms with Crippen LogP contribution in [0.3, 0.4) is 0 Å². The molecule has 1 aliphatic heterocycles. The van der Waals surface area contributed by atoms with Crippen LogP contribution in [0.15, 0.2) is 36.4 Å². The molecule has 0 saturated carbocycles. The van der Waals surface area contributed by atoms with Crippen LogP contribution in [0.4, 0.5) is 10.8 Å². The average Bonchev–Trinajstić information content (AvgIpc) is 3.42. The van der Waals surface area contributed by atoms with Crippen LogP contribution in [0.1, 0.15) is 28.5 Å². The molecule has 1 saturated heterocycles. The maximum absolute atomic E-state index is 12.6. The van der Waals surface area contributed by atoms with Gasteiger partial charge in [-0.3, -0.25) is 9.59 Å². The first kappa shape index (κ1) is 23.0. The van der Waals surface area contributed by atoms with Crippen molar-refractivity contribution in [3.8, 4) is 11.5 Å². The van der Waals surface area contributed by atoms with Gasteiger partial charge in [-0.05, 0) is 42.3 Å². The van der Waals surface area contributed by atoms with Crippen molar-refractivity contribution in [2.24, 2.45) is 0 Å². The minimum Gasteiger partial charge on any atom is -0.493 e. The SMILES string of the molecule is COc1ccc(CC(=O)Nc2nnc(C3CC(=O)N(c4ccc(C)c(Cl)c4)C3)s2)cc1OC. The van der Waals surface area contributed by atoms with Crippen LogP contribution >= 0.6 is 22.9 Å². The third-order valence-electron chi connectivity index (χ3n) is 5.44. The Labute approximate surface area is 200 Å². The molecule has 1 atom stereocenters. The van der Waals surface area contributed by atoms with E-state index in [-0.39, 0.29) is 24.2 Å². The van der Waals surface area contributed by atoms with Crippen molar-refractivity contribution in [1.29, 1.82) is 0 Å². The van der Waals surface area contributed by atoms with Gasteiger partial charge in [-0.25, -0.2) is 0 Å². The van der Waals surface area contributed by atoms with Crippen LogP contribution in [0.5, 0.6) is 11.5 Å². The van der Waals surface area contributed by atoms with E-state index in [1.165, 1.54) is 11.3 Å². The Bertz CT molecular complexity index is 1200. The zero-order valence-electron chi connectivity index (χ0n) is 18.4. The Hall–Kier alpha value is -3.17. The number of aromatic nitrogens is 2. The summed E-state index contributed by atoms with van der Waals surface area (Å²) in [7, 11) is 3.11. The Balaban J connectivity index is 1.39. The number of hydrogen-bond donors (Lipinski definition) is 1. The fraction of sp³-hybridized carbons (Fsp3) is 0.304. The first-order chi connectivity index (χ1) is 15.9. The second kappa shape index (κ2) is 9.76. The van der Waals surface area contributed by atoms with Gasteiger partial charge in [0.25, 0.3) is 0 Å². The molecule has 0 spiro atoms. The van der Waals surface area contributed by atoms with Gasteiger partial charge in [0.1, 0.15) is 5.01 Å². The van der Waals surface area contributed by atoms with E-state index in [0.717, 1.165) is 16.8 Å². The number of benzene rings is 2. The lowest BCUT2D eigenvalue weighted by atomic mass is 10.1. The lowest BCUT2D eigenvalue weighted by Crippen LogP contribution is -2.24. The molecule has 2 amide bonds. The van der Waals surface area contributed by atoms with E-state index in [0.29, 0.717) is 39.6 Å². The van der Waals surface area contributed by atoms with Crippen LogP contribution < -0.4 is 19.7 Å². The van der Waals surface area contributed by atoms with Crippen molar-refractivity contribution in [1.82, 2.24) is 10.2 Å². The standard InChI is InChI=1S/C23H23ClN4O4S/c1-13-4-6-16(11-17(13)24)28-12-15(10-21(28)30)22-26-27-23(33-22)25-20(29)9-14-5-7-18(31-2)19(8-14)32-3/h4-8,11,15H,9-10,12H2,1-3H3,(H,25,27,29). The number of amides is 2. The lowest BCUT2D eigenvalue weighted by molar-refractivity contribution is -0.117. The number of aryl methyl sites for hydroxylation is 1. The van der Waals surface area contributed by atoms with Gasteiger partial charge in [0.2, 0.25) is 16.9 Å². The van der Waals surface area contributed by atoms with Gasteiger partial charge in [0.15, 0.2) is 11.5 Å². The molecule has 1 N–H and O–H groups in total. The highest BCUT2D eigenvalue weighted by Crippen LogP contribution is 2.35. The summed E-state index contributed by atoms with van der Waals surface area (Å²) in [6.07, 6.45) is 0.485. The monoisotopic (exact) mass is 486 g/mol. The zero-order valence-corrected chi connectivity index (χ0v) is 20.0. The van der Waals surface area contributed by atoms with Crippen molar-refractivity contribution in [3.05, 3.63) is 57.6 Å². The second-order valence-corrected chi connectivity index (χ2v) is 9.11. The number of ether oxygens (including phenoxy) is 2. The minimum atomic E-state index is -0.219. The molecule has 8 nitrogen and oxygen atoms in total. The summed E-state index contributed by atoms with van der Waals surface area (Å²) in [6.45, 7) is 2.41. The summed E-state index contributed by atoms with van der Waals surface area (Å²) in [6, 6.07) is 10.9. The van der Waals surface area contributed by atoms with Crippen LogP contribution in [0, 0.1) is 6.92 Å². The zero-order chi connectivity index (χ0) is 23.5. The number of anilines is 2. The molecule has 0 radical (unpaired) electrons. The average molecular weight is 487 g/mol. The molecular formula is C23H23ClN4O4S. The summed E-state index contributed by atoms with van der Waals surface area (Å²) < 4.78 is 10.5. The van der Waals surface area contributed by atoms with Crippen molar-refractivity contribution in [2.75, 3.05) is 31.0 Å². The van der Waals surface area contributed by atoms with E-state index >= 15 is 0 Å². The van der Waals surface area contributed by atoms with E-state index < -0.39 is 0 Å². The van der Waals surface area contributed by atoms with Gasteiger partial charge in [-0.1, -0.05) is 35.1 Å². The second-order valence-electron chi connectivity index (χ2n) is 7.70. The third kappa shape index (κ3) is 5.09. The molecule has 1 unspecified atom stereocenters. The molecule has 172 valence electrons. The van der Waals surface area contributed by atoms with E-state index in [1.54, 1.807) is 37.3 Å². The normalized spacial score (nSPS) is 15.6. The van der Waals surface area contributed by atoms with Gasteiger partial charge in [0.05, 0.1) is 20.6 Å². The molecule has 10 heteroatoms. The molecule has 2 heterocycles. The summed E-state index contributed by atoms with van der Waals surface area (Å²) in [5, 5.41) is 12.8. The molecule has 1 aliphatic rings. The van der Waals surface area contributed by atoms with Crippen molar-refractivity contribution >= 4 is 45.6 Å². The van der Waals surface area contributed by atoms with Gasteiger partial charge in [-0.2, -0.15) is 0 Å². The molecule has 3 aromatic rings. The number of carbonyl (C=O) groups is 2. The fourth-order valence-corrected chi connectivity index (χ4v) is 4.69. The number of nitrogens with one attached hydrogen (secondary N) is 1. The molecular weight excluding hydrogens is 464 g/mol. The number of hydrogen-bond acceptors (Lipinski definition) is 7. The van der Waals surface area contributed by atoms with E-state index in [9.17, 15) is 9.59 Å². The maximum atomic E-state index is 12.6.